The molecule has 0 aliphatic rings. The van der Waals surface area contributed by atoms with Gasteiger partial charge in [0, 0.05) is 18.0 Å². The second-order valence-electron chi connectivity index (χ2n) is 4.67. The van der Waals surface area contributed by atoms with Gasteiger partial charge in [-0.3, -0.25) is 9.59 Å². The molecular formula is C15H21NO4. The predicted molar refractivity (Wildman–Crippen MR) is 76.9 cm³/mol. The second-order valence-corrected chi connectivity index (χ2v) is 4.67. The zero-order chi connectivity index (χ0) is 15.0. The van der Waals surface area contributed by atoms with Crippen molar-refractivity contribution in [3.05, 3.63) is 24.3 Å². The molecule has 0 aliphatic carbocycles. The van der Waals surface area contributed by atoms with Crippen molar-refractivity contribution in [1.29, 1.82) is 0 Å². The van der Waals surface area contributed by atoms with Gasteiger partial charge in [0.05, 0.1) is 6.61 Å². The molecule has 1 aromatic rings. The van der Waals surface area contributed by atoms with Crippen molar-refractivity contribution in [1.82, 2.24) is 0 Å². The van der Waals surface area contributed by atoms with Gasteiger partial charge in [-0.15, -0.1) is 0 Å². The third kappa shape index (κ3) is 5.73. The smallest absolute Gasteiger partial charge is 0.303 e. The van der Waals surface area contributed by atoms with Gasteiger partial charge in [0.15, 0.2) is 0 Å². The quantitative estimate of drug-likeness (QED) is 0.717. The van der Waals surface area contributed by atoms with Crippen LogP contribution in [-0.2, 0) is 9.59 Å². The summed E-state index contributed by atoms with van der Waals surface area (Å²) < 4.78 is 5.41. The van der Waals surface area contributed by atoms with E-state index >= 15 is 0 Å². The molecule has 0 heterocycles. The maximum absolute atomic E-state index is 11.7. The summed E-state index contributed by atoms with van der Waals surface area (Å²) >= 11 is 0. The molecule has 110 valence electrons. The van der Waals surface area contributed by atoms with Crippen LogP contribution in [0.25, 0.3) is 0 Å². The number of aliphatic carboxylic acids is 1. The number of hydrogen-bond acceptors (Lipinski definition) is 3. The Morgan fingerprint density at radius 3 is 2.50 bits per heavy atom. The number of anilines is 1. The molecule has 0 saturated heterocycles. The Kier molecular flexibility index (Phi) is 6.56. The van der Waals surface area contributed by atoms with Crippen LogP contribution in [0.15, 0.2) is 24.3 Å². The fourth-order valence-electron chi connectivity index (χ4n) is 1.50. The molecule has 0 spiro atoms. The Hall–Kier alpha value is -2.04. The Bertz CT molecular complexity index is 442. The maximum Gasteiger partial charge on any atom is 0.303 e. The first kappa shape index (κ1) is 16.0. The van der Waals surface area contributed by atoms with Gasteiger partial charge in [-0.05, 0) is 37.1 Å². The summed E-state index contributed by atoms with van der Waals surface area (Å²) in [5, 5.41) is 11.3. The van der Waals surface area contributed by atoms with Crippen LogP contribution in [-0.4, -0.2) is 23.6 Å². The van der Waals surface area contributed by atoms with Crippen molar-refractivity contribution in [3.8, 4) is 5.75 Å². The van der Waals surface area contributed by atoms with Crippen LogP contribution in [0.4, 0.5) is 5.69 Å². The molecule has 20 heavy (non-hydrogen) atoms. The number of nitrogens with one attached hydrogen (secondary N) is 1. The third-order valence-electron chi connectivity index (χ3n) is 2.99. The highest BCUT2D eigenvalue weighted by atomic mass is 16.5. The lowest BCUT2D eigenvalue weighted by Crippen LogP contribution is -2.19. The van der Waals surface area contributed by atoms with E-state index in [9.17, 15) is 9.59 Å². The fraction of sp³-hybridized carbons (Fsp3) is 0.467. The van der Waals surface area contributed by atoms with Gasteiger partial charge in [-0.25, -0.2) is 0 Å². The van der Waals surface area contributed by atoms with Gasteiger partial charge in [0.1, 0.15) is 5.75 Å². The summed E-state index contributed by atoms with van der Waals surface area (Å²) in [4.78, 5) is 22.0. The first-order valence-electron chi connectivity index (χ1n) is 6.78. The molecule has 0 radical (unpaired) electrons. The minimum absolute atomic E-state index is 0.00243. The van der Waals surface area contributed by atoms with Gasteiger partial charge < -0.3 is 15.2 Å². The summed E-state index contributed by atoms with van der Waals surface area (Å²) in [5.41, 5.74) is 0.730. The van der Waals surface area contributed by atoms with Crippen molar-refractivity contribution in [3.63, 3.8) is 0 Å². The molecule has 0 bridgehead atoms. The van der Waals surface area contributed by atoms with Gasteiger partial charge >= 0.3 is 5.97 Å². The zero-order valence-corrected chi connectivity index (χ0v) is 11.9. The first-order chi connectivity index (χ1) is 9.52. The molecule has 1 rings (SSSR count). The number of carboxylic acids is 1. The molecule has 5 heteroatoms. The molecule has 1 aromatic carbocycles. The molecular weight excluding hydrogens is 258 g/mol. The number of hydrogen-bond donors (Lipinski definition) is 2. The number of rotatable bonds is 8. The van der Waals surface area contributed by atoms with Crippen molar-refractivity contribution in [2.75, 3.05) is 11.9 Å². The molecule has 2 N–H and O–H groups in total. The summed E-state index contributed by atoms with van der Waals surface area (Å²) in [6, 6.07) is 7.06. The van der Waals surface area contributed by atoms with E-state index < -0.39 is 5.97 Å². The van der Waals surface area contributed by atoms with Gasteiger partial charge in [0.25, 0.3) is 0 Å². The molecule has 5 nitrogen and oxygen atoms in total. The number of carbonyl (C=O) groups is 2. The number of benzene rings is 1. The first-order valence-corrected chi connectivity index (χ1v) is 6.78. The lowest BCUT2D eigenvalue weighted by atomic mass is 10.1. The summed E-state index contributed by atoms with van der Waals surface area (Å²) in [5.74, 6) is -0.168. The van der Waals surface area contributed by atoms with Gasteiger partial charge in [-0.1, -0.05) is 13.8 Å². The van der Waals surface area contributed by atoms with Gasteiger partial charge in [-0.2, -0.15) is 0 Å². The fourth-order valence-corrected chi connectivity index (χ4v) is 1.50. The monoisotopic (exact) mass is 279 g/mol. The minimum Gasteiger partial charge on any atom is -0.494 e. The van der Waals surface area contributed by atoms with E-state index in [0.717, 1.165) is 12.1 Å². The Morgan fingerprint density at radius 1 is 1.30 bits per heavy atom. The maximum atomic E-state index is 11.7. The topological polar surface area (TPSA) is 75.6 Å². The van der Waals surface area contributed by atoms with Crippen LogP contribution in [0.2, 0.25) is 0 Å². The van der Waals surface area contributed by atoms with Crippen LogP contribution < -0.4 is 10.1 Å². The molecule has 1 unspecified atom stereocenters. The van der Waals surface area contributed by atoms with E-state index in [-0.39, 0.29) is 18.2 Å². The van der Waals surface area contributed by atoms with Crippen LogP contribution >= 0.6 is 0 Å². The SMILES string of the molecule is CCC(C)C(=O)Nc1ccc(OCCCC(=O)O)cc1. The zero-order valence-electron chi connectivity index (χ0n) is 11.9. The summed E-state index contributed by atoms with van der Waals surface area (Å²) in [6.45, 7) is 4.22. The van der Waals surface area contributed by atoms with Crippen LogP contribution in [0.1, 0.15) is 33.1 Å². The van der Waals surface area contributed by atoms with Crippen LogP contribution in [0.5, 0.6) is 5.75 Å². The van der Waals surface area contributed by atoms with Crippen LogP contribution in [0, 0.1) is 5.92 Å². The van der Waals surface area contributed by atoms with E-state index in [1.807, 2.05) is 13.8 Å². The molecule has 0 aromatic heterocycles. The van der Waals surface area contributed by atoms with E-state index in [1.54, 1.807) is 24.3 Å². The standard InChI is InChI=1S/C15H21NO4/c1-3-11(2)15(19)16-12-6-8-13(9-7-12)20-10-4-5-14(17)18/h6-9,11H,3-5,10H2,1-2H3,(H,16,19)(H,17,18). The molecule has 0 fully saturated rings. The van der Waals surface area contributed by atoms with E-state index in [2.05, 4.69) is 5.32 Å². The predicted octanol–water partition coefficient (Wildman–Crippen LogP) is 2.91. The normalized spacial score (nSPS) is 11.7. The summed E-state index contributed by atoms with van der Waals surface area (Å²) in [6.07, 6.45) is 1.38. The van der Waals surface area contributed by atoms with E-state index in [1.165, 1.54) is 0 Å². The molecule has 1 atom stereocenters. The van der Waals surface area contributed by atoms with Crippen LogP contribution in [0.3, 0.4) is 0 Å². The summed E-state index contributed by atoms with van der Waals surface area (Å²) in [7, 11) is 0. The lowest BCUT2D eigenvalue weighted by molar-refractivity contribution is -0.137. The Labute approximate surface area is 118 Å². The van der Waals surface area contributed by atoms with E-state index in [4.69, 9.17) is 9.84 Å². The van der Waals surface area contributed by atoms with Crippen molar-refractivity contribution < 1.29 is 19.4 Å². The second kappa shape index (κ2) is 8.19. The average molecular weight is 279 g/mol. The minimum atomic E-state index is -0.822. The molecule has 0 saturated carbocycles. The van der Waals surface area contributed by atoms with Crippen molar-refractivity contribution >= 4 is 17.6 Å². The highest BCUT2D eigenvalue weighted by molar-refractivity contribution is 5.92. The van der Waals surface area contributed by atoms with E-state index in [0.29, 0.717) is 18.8 Å². The average Bonchev–Trinajstić information content (AvgIpc) is 2.44. The largest absolute Gasteiger partial charge is 0.494 e. The highest BCUT2D eigenvalue weighted by Gasteiger charge is 2.10. The molecule has 0 aliphatic heterocycles. The molecule has 1 amide bonds. The van der Waals surface area contributed by atoms with Crippen molar-refractivity contribution in [2.45, 2.75) is 33.1 Å². The number of amides is 1. The number of ether oxygens (including phenoxy) is 1. The highest BCUT2D eigenvalue weighted by Crippen LogP contribution is 2.17. The lowest BCUT2D eigenvalue weighted by Gasteiger charge is -2.11. The number of carboxylic acid groups (broad SMARTS) is 1. The Morgan fingerprint density at radius 2 is 1.95 bits per heavy atom. The van der Waals surface area contributed by atoms with Crippen molar-refractivity contribution in [2.24, 2.45) is 5.92 Å². The Balaban J connectivity index is 2.40. The third-order valence-corrected chi connectivity index (χ3v) is 2.99. The number of carbonyl (C=O) groups excluding carboxylic acids is 1. The van der Waals surface area contributed by atoms with Gasteiger partial charge in [0.2, 0.25) is 5.91 Å².